The predicted octanol–water partition coefficient (Wildman–Crippen LogP) is 2.32. The van der Waals surface area contributed by atoms with Crippen LogP contribution in [-0.2, 0) is 17.4 Å². The van der Waals surface area contributed by atoms with Gasteiger partial charge in [-0.05, 0) is 24.1 Å². The van der Waals surface area contributed by atoms with Gasteiger partial charge in [-0.3, -0.25) is 4.79 Å². The summed E-state index contributed by atoms with van der Waals surface area (Å²) < 4.78 is 37.9. The third-order valence-corrected chi connectivity index (χ3v) is 2.58. The molecule has 0 saturated heterocycles. The van der Waals surface area contributed by atoms with Crippen molar-refractivity contribution in [1.29, 1.82) is 0 Å². The highest BCUT2D eigenvalue weighted by Crippen LogP contribution is 2.37. The number of nitrogens with two attached hydrogens (primary N) is 2. The van der Waals surface area contributed by atoms with Crippen molar-refractivity contribution in [3.8, 4) is 0 Å². The van der Waals surface area contributed by atoms with Crippen LogP contribution in [0, 0.1) is 0 Å². The zero-order valence-corrected chi connectivity index (χ0v) is 10.9. The fourth-order valence-corrected chi connectivity index (χ4v) is 1.61. The Bertz CT molecular complexity index is 481. The molecule has 1 aromatic carbocycles. The minimum atomic E-state index is -4.66. The molecule has 1 atom stereocenters. The van der Waals surface area contributed by atoms with Gasteiger partial charge in [0.05, 0.1) is 16.3 Å². The molecule has 1 aromatic rings. The van der Waals surface area contributed by atoms with Crippen molar-refractivity contribution in [2.45, 2.75) is 18.6 Å². The summed E-state index contributed by atoms with van der Waals surface area (Å²) in [5.41, 5.74) is 8.85. The highest BCUT2D eigenvalue weighted by molar-refractivity contribution is 6.33. The predicted molar refractivity (Wildman–Crippen MR) is 67.4 cm³/mol. The van der Waals surface area contributed by atoms with E-state index in [9.17, 15) is 18.0 Å². The Morgan fingerprint density at radius 2 is 1.95 bits per heavy atom. The van der Waals surface area contributed by atoms with Gasteiger partial charge in [0.2, 0.25) is 0 Å². The van der Waals surface area contributed by atoms with Gasteiger partial charge in [0, 0.05) is 0 Å². The molecule has 0 spiro atoms. The number of nitrogen functional groups attached to an aromatic ring is 1. The monoisotopic (exact) mass is 318 g/mol. The number of aliphatic carboxylic acids is 1. The fourth-order valence-electron chi connectivity index (χ4n) is 1.37. The van der Waals surface area contributed by atoms with Crippen LogP contribution in [0.1, 0.15) is 11.1 Å². The molecule has 0 fully saturated rings. The molecule has 0 saturated carbocycles. The van der Waals surface area contributed by atoms with Gasteiger partial charge in [0.1, 0.15) is 6.04 Å². The number of rotatable bonds is 3. The Kier molecular flexibility index (Phi) is 5.92. The van der Waals surface area contributed by atoms with E-state index in [-0.39, 0.29) is 29.4 Å². The van der Waals surface area contributed by atoms with E-state index in [2.05, 4.69) is 0 Å². The molecular weight excluding hydrogens is 308 g/mol. The number of carboxylic acids is 1. The van der Waals surface area contributed by atoms with Gasteiger partial charge in [0.25, 0.3) is 0 Å². The molecule has 19 heavy (non-hydrogen) atoms. The van der Waals surface area contributed by atoms with Crippen LogP contribution in [0.15, 0.2) is 12.1 Å². The van der Waals surface area contributed by atoms with Crippen LogP contribution in [0.25, 0.3) is 0 Å². The molecule has 0 aromatic heterocycles. The van der Waals surface area contributed by atoms with Gasteiger partial charge in [-0.25, -0.2) is 0 Å². The van der Waals surface area contributed by atoms with Gasteiger partial charge in [-0.15, -0.1) is 12.4 Å². The number of carbonyl (C=O) groups is 1. The van der Waals surface area contributed by atoms with E-state index in [1.54, 1.807) is 0 Å². The van der Waals surface area contributed by atoms with Gasteiger partial charge >= 0.3 is 12.1 Å². The van der Waals surface area contributed by atoms with E-state index in [0.29, 0.717) is 0 Å². The number of alkyl halides is 3. The molecular formula is C10H11Cl2F3N2O2. The van der Waals surface area contributed by atoms with Crippen LogP contribution in [0.3, 0.4) is 0 Å². The van der Waals surface area contributed by atoms with E-state index in [4.69, 9.17) is 28.2 Å². The molecule has 1 unspecified atom stereocenters. The number of benzene rings is 1. The van der Waals surface area contributed by atoms with Crippen molar-refractivity contribution < 1.29 is 23.1 Å². The largest absolute Gasteiger partial charge is 0.480 e. The van der Waals surface area contributed by atoms with E-state index in [1.807, 2.05) is 0 Å². The van der Waals surface area contributed by atoms with E-state index in [0.717, 1.165) is 6.07 Å². The SMILES string of the molecule is Cl.Nc1c(Cl)cc(CC(N)C(=O)O)cc1C(F)(F)F. The standard InChI is InChI=1S/C10H10ClF3N2O2.ClH/c11-6-2-4(3-7(15)9(17)18)1-5(8(6)16)10(12,13)14;/h1-2,7H,3,15-16H2,(H,17,18);1H. The number of anilines is 1. The van der Waals surface area contributed by atoms with Crippen molar-refractivity contribution >= 4 is 35.7 Å². The second kappa shape index (κ2) is 6.31. The summed E-state index contributed by atoms with van der Waals surface area (Å²) in [5, 5.41) is 8.31. The fraction of sp³-hybridized carbons (Fsp3) is 0.300. The lowest BCUT2D eigenvalue weighted by Gasteiger charge is -2.14. The van der Waals surface area contributed by atoms with Crippen molar-refractivity contribution in [1.82, 2.24) is 0 Å². The highest BCUT2D eigenvalue weighted by atomic mass is 35.5. The van der Waals surface area contributed by atoms with Crippen LogP contribution in [0.2, 0.25) is 5.02 Å². The summed E-state index contributed by atoms with van der Waals surface area (Å²) in [7, 11) is 0. The molecule has 0 radical (unpaired) electrons. The summed E-state index contributed by atoms with van der Waals surface area (Å²) >= 11 is 5.57. The Labute approximate surface area is 117 Å². The van der Waals surface area contributed by atoms with Crippen LogP contribution < -0.4 is 11.5 Å². The maximum Gasteiger partial charge on any atom is 0.418 e. The smallest absolute Gasteiger partial charge is 0.418 e. The second-order valence-corrected chi connectivity index (χ2v) is 4.09. The van der Waals surface area contributed by atoms with Crippen molar-refractivity contribution in [3.05, 3.63) is 28.3 Å². The van der Waals surface area contributed by atoms with Crippen molar-refractivity contribution in [2.75, 3.05) is 5.73 Å². The third kappa shape index (κ3) is 4.45. The van der Waals surface area contributed by atoms with Crippen molar-refractivity contribution in [2.24, 2.45) is 5.73 Å². The summed E-state index contributed by atoms with van der Waals surface area (Å²) in [5.74, 6) is -1.31. The van der Waals surface area contributed by atoms with Crippen molar-refractivity contribution in [3.63, 3.8) is 0 Å². The molecule has 0 aliphatic carbocycles. The quantitative estimate of drug-likeness (QED) is 0.746. The van der Waals surface area contributed by atoms with Gasteiger partial charge in [-0.2, -0.15) is 13.2 Å². The molecule has 0 heterocycles. The summed E-state index contributed by atoms with van der Waals surface area (Å²) in [6.07, 6.45) is -4.92. The maximum absolute atomic E-state index is 12.6. The zero-order valence-electron chi connectivity index (χ0n) is 9.37. The van der Waals surface area contributed by atoms with E-state index in [1.165, 1.54) is 6.07 Å². The van der Waals surface area contributed by atoms with Crippen LogP contribution >= 0.6 is 24.0 Å². The average molecular weight is 319 g/mol. The first-order chi connectivity index (χ1) is 8.12. The summed E-state index contributed by atoms with van der Waals surface area (Å²) in [6.45, 7) is 0. The molecule has 0 aliphatic heterocycles. The molecule has 1 rings (SSSR count). The van der Waals surface area contributed by atoms with Crippen LogP contribution in [0.5, 0.6) is 0 Å². The topological polar surface area (TPSA) is 89.3 Å². The lowest BCUT2D eigenvalue weighted by molar-refractivity contribution is -0.138. The van der Waals surface area contributed by atoms with E-state index < -0.39 is 29.4 Å². The normalized spacial score (nSPS) is 12.7. The first-order valence-electron chi connectivity index (χ1n) is 4.76. The first-order valence-corrected chi connectivity index (χ1v) is 5.14. The van der Waals surface area contributed by atoms with Crippen LogP contribution in [-0.4, -0.2) is 17.1 Å². The van der Waals surface area contributed by atoms with E-state index >= 15 is 0 Å². The highest BCUT2D eigenvalue weighted by Gasteiger charge is 2.34. The van der Waals surface area contributed by atoms with Crippen LogP contribution in [0.4, 0.5) is 18.9 Å². The number of hydrogen-bond acceptors (Lipinski definition) is 3. The number of hydrogen-bond donors (Lipinski definition) is 3. The minimum absolute atomic E-state index is 0. The summed E-state index contributed by atoms with van der Waals surface area (Å²) in [4.78, 5) is 10.5. The Morgan fingerprint density at radius 3 is 2.37 bits per heavy atom. The van der Waals surface area contributed by atoms with Gasteiger partial charge < -0.3 is 16.6 Å². The lowest BCUT2D eigenvalue weighted by Crippen LogP contribution is -2.32. The Morgan fingerprint density at radius 1 is 1.42 bits per heavy atom. The zero-order chi connectivity index (χ0) is 14.1. The first kappa shape index (κ1) is 17.8. The molecule has 4 nitrogen and oxygen atoms in total. The average Bonchev–Trinajstić information content (AvgIpc) is 2.21. The molecule has 5 N–H and O–H groups in total. The summed E-state index contributed by atoms with van der Waals surface area (Å²) in [6, 6.07) is 0.629. The maximum atomic E-state index is 12.6. The number of halogens is 5. The van der Waals surface area contributed by atoms with Gasteiger partial charge in [-0.1, -0.05) is 11.6 Å². The number of carboxylic acid groups (broad SMARTS) is 1. The Balaban J connectivity index is 0.00000324. The second-order valence-electron chi connectivity index (χ2n) is 3.69. The molecule has 0 amide bonds. The molecule has 0 aliphatic rings. The van der Waals surface area contributed by atoms with Gasteiger partial charge in [0.15, 0.2) is 0 Å². The lowest BCUT2D eigenvalue weighted by atomic mass is 10.0. The molecule has 9 heteroatoms. The molecule has 108 valence electrons. The third-order valence-electron chi connectivity index (χ3n) is 2.27. The minimum Gasteiger partial charge on any atom is -0.480 e. The molecule has 0 bridgehead atoms. The Hall–Kier alpha value is -1.18.